The van der Waals surface area contributed by atoms with E-state index in [0.717, 1.165) is 55.4 Å². The quantitative estimate of drug-likeness (QED) is 0.343. The van der Waals surface area contributed by atoms with Gasteiger partial charge in [0.2, 0.25) is 0 Å². The van der Waals surface area contributed by atoms with Crippen LogP contribution in [0.3, 0.4) is 0 Å². The van der Waals surface area contributed by atoms with Gasteiger partial charge < -0.3 is 9.73 Å². The second-order valence-electron chi connectivity index (χ2n) is 5.27. The minimum absolute atomic E-state index is 0.305. The van der Waals surface area contributed by atoms with Gasteiger partial charge in [-0.25, -0.2) is 9.79 Å². The second-order valence-corrected chi connectivity index (χ2v) is 5.46. The number of unbranched alkanes of at least 4 members (excludes halogenated alkanes) is 3. The Kier molecular flexibility index (Phi) is 6.31. The number of hydrogen-bond acceptors (Lipinski definition) is 5. The van der Waals surface area contributed by atoms with Crippen LogP contribution in [0.4, 0.5) is 5.69 Å². The molecule has 1 heterocycles. The van der Waals surface area contributed by atoms with Crippen LogP contribution in [0.1, 0.15) is 31.2 Å². The number of aryl methyl sites for hydroxylation is 1. The zero-order chi connectivity index (χ0) is 15.8. The Balaban J connectivity index is 1.82. The van der Waals surface area contributed by atoms with E-state index in [9.17, 15) is 4.79 Å². The summed E-state index contributed by atoms with van der Waals surface area (Å²) in [5.74, 6) is 0. The van der Waals surface area contributed by atoms with Gasteiger partial charge in [0.15, 0.2) is 0 Å². The lowest BCUT2D eigenvalue weighted by molar-refractivity contribution is 0.560. The molecule has 0 spiro atoms. The Labute approximate surface area is 135 Å². The molecule has 0 fully saturated rings. The lowest BCUT2D eigenvalue weighted by atomic mass is 10.1. The monoisotopic (exact) mass is 316 g/mol. The molecule has 2 aromatic rings. The summed E-state index contributed by atoms with van der Waals surface area (Å²) in [5.41, 5.74) is 2.25. The van der Waals surface area contributed by atoms with E-state index in [0.29, 0.717) is 5.58 Å². The van der Waals surface area contributed by atoms with Crippen LogP contribution in [0.5, 0.6) is 0 Å². The first-order valence-electron chi connectivity index (χ1n) is 7.53. The van der Waals surface area contributed by atoms with E-state index in [-0.39, 0.29) is 5.63 Å². The Bertz CT molecular complexity index is 733. The lowest BCUT2D eigenvalue weighted by Crippen LogP contribution is -2.02. The predicted octanol–water partition coefficient (Wildman–Crippen LogP) is 4.18. The van der Waals surface area contributed by atoms with Gasteiger partial charge in [0.25, 0.3) is 0 Å². The summed E-state index contributed by atoms with van der Waals surface area (Å²) in [4.78, 5) is 15.3. The molecule has 0 saturated heterocycles. The van der Waals surface area contributed by atoms with E-state index < -0.39 is 0 Å². The maximum absolute atomic E-state index is 11.4. The first-order valence-corrected chi connectivity index (χ1v) is 7.93. The number of rotatable bonds is 8. The summed E-state index contributed by atoms with van der Waals surface area (Å²) in [6.45, 7) is 3.60. The molecule has 1 aromatic heterocycles. The molecule has 0 radical (unpaired) electrons. The van der Waals surface area contributed by atoms with E-state index in [4.69, 9.17) is 4.42 Å². The van der Waals surface area contributed by atoms with Crippen LogP contribution >= 0.6 is 12.2 Å². The van der Waals surface area contributed by atoms with Gasteiger partial charge in [0.1, 0.15) is 5.58 Å². The number of benzene rings is 1. The zero-order valence-corrected chi connectivity index (χ0v) is 13.5. The third kappa shape index (κ3) is 4.79. The van der Waals surface area contributed by atoms with Crippen LogP contribution in [-0.4, -0.2) is 18.3 Å². The second kappa shape index (κ2) is 8.47. The largest absolute Gasteiger partial charge is 0.423 e. The van der Waals surface area contributed by atoms with Crippen LogP contribution in [0.15, 0.2) is 38.5 Å². The number of nitrogens with zero attached hydrogens (tertiary/aromatic N) is 1. The molecular formula is C17H20N2O2S. The first-order chi connectivity index (χ1) is 10.7. The number of isothiocyanates is 1. The molecule has 0 atom stereocenters. The van der Waals surface area contributed by atoms with Crippen molar-refractivity contribution in [1.82, 2.24) is 0 Å². The third-order valence-corrected chi connectivity index (χ3v) is 3.67. The fourth-order valence-electron chi connectivity index (χ4n) is 2.38. The number of hydrogen-bond donors (Lipinski definition) is 1. The van der Waals surface area contributed by atoms with Gasteiger partial charge in [0, 0.05) is 36.3 Å². The highest BCUT2D eigenvalue weighted by Gasteiger charge is 2.03. The molecule has 0 aliphatic heterocycles. The molecule has 116 valence electrons. The average Bonchev–Trinajstić information content (AvgIpc) is 2.49. The minimum Gasteiger partial charge on any atom is -0.423 e. The van der Waals surface area contributed by atoms with Crippen molar-refractivity contribution in [3.8, 4) is 0 Å². The number of thiocarbonyl (C=S) groups is 1. The molecule has 0 bridgehead atoms. The number of fused-ring (bicyclic) bond motifs is 1. The van der Waals surface area contributed by atoms with E-state index in [1.807, 2.05) is 25.1 Å². The molecule has 1 N–H and O–H groups in total. The summed E-state index contributed by atoms with van der Waals surface area (Å²) in [5, 5.41) is 6.72. The maximum Gasteiger partial charge on any atom is 0.336 e. The van der Waals surface area contributed by atoms with Crippen LogP contribution in [0, 0.1) is 6.92 Å². The van der Waals surface area contributed by atoms with Gasteiger partial charge >= 0.3 is 5.63 Å². The zero-order valence-electron chi connectivity index (χ0n) is 12.7. The van der Waals surface area contributed by atoms with Crippen molar-refractivity contribution in [2.75, 3.05) is 18.4 Å². The Morgan fingerprint density at radius 2 is 2.05 bits per heavy atom. The van der Waals surface area contributed by atoms with E-state index in [1.54, 1.807) is 0 Å². The molecule has 0 aliphatic carbocycles. The average molecular weight is 316 g/mol. The van der Waals surface area contributed by atoms with Gasteiger partial charge in [-0.1, -0.05) is 12.8 Å². The van der Waals surface area contributed by atoms with Gasteiger partial charge in [0.05, 0.1) is 5.16 Å². The lowest BCUT2D eigenvalue weighted by Gasteiger charge is -2.07. The maximum atomic E-state index is 11.4. The number of anilines is 1. The standard InChI is InChI=1S/C17H20N2O2S/c1-13-10-17(20)21-16-11-14(6-7-15(13)16)19-9-5-3-2-4-8-18-12-22/h6-7,10-11,19H,2-5,8-9H2,1H3. The SMILES string of the molecule is Cc1cc(=O)oc2cc(NCCCCCCN=C=S)ccc12. The summed E-state index contributed by atoms with van der Waals surface area (Å²) >= 11 is 4.52. The van der Waals surface area contributed by atoms with Crippen LogP contribution in [0.2, 0.25) is 0 Å². The Hall–Kier alpha value is -1.97. The highest BCUT2D eigenvalue weighted by Crippen LogP contribution is 2.20. The van der Waals surface area contributed by atoms with Gasteiger partial charge in [-0.05, 0) is 49.7 Å². The molecular weight excluding hydrogens is 296 g/mol. The van der Waals surface area contributed by atoms with Crippen LogP contribution < -0.4 is 10.9 Å². The Morgan fingerprint density at radius 1 is 1.23 bits per heavy atom. The molecule has 1 aromatic carbocycles. The number of aliphatic imine (C=N–C) groups is 1. The fraction of sp³-hybridized carbons (Fsp3) is 0.412. The van der Waals surface area contributed by atoms with Crippen molar-refractivity contribution in [3.63, 3.8) is 0 Å². The van der Waals surface area contributed by atoms with Crippen LogP contribution in [-0.2, 0) is 0 Å². The van der Waals surface area contributed by atoms with Crippen molar-refractivity contribution >= 4 is 34.0 Å². The van der Waals surface area contributed by atoms with Gasteiger partial charge in [-0.2, -0.15) is 0 Å². The molecule has 0 aliphatic rings. The fourth-order valence-corrected chi connectivity index (χ4v) is 2.47. The highest BCUT2D eigenvalue weighted by atomic mass is 32.1. The molecule has 0 saturated carbocycles. The van der Waals surface area contributed by atoms with Crippen molar-refractivity contribution in [2.24, 2.45) is 4.99 Å². The first kappa shape index (κ1) is 16.4. The van der Waals surface area contributed by atoms with Crippen molar-refractivity contribution in [3.05, 3.63) is 40.2 Å². The minimum atomic E-state index is -0.305. The van der Waals surface area contributed by atoms with Gasteiger partial charge in [-0.15, -0.1) is 0 Å². The summed E-state index contributed by atoms with van der Waals surface area (Å²) in [6, 6.07) is 7.41. The Morgan fingerprint density at radius 3 is 2.86 bits per heavy atom. The molecule has 0 unspecified atom stereocenters. The van der Waals surface area contributed by atoms with Crippen molar-refractivity contribution in [1.29, 1.82) is 0 Å². The normalized spacial score (nSPS) is 10.4. The third-order valence-electron chi connectivity index (χ3n) is 3.54. The summed E-state index contributed by atoms with van der Waals surface area (Å²) < 4.78 is 5.25. The topological polar surface area (TPSA) is 54.6 Å². The predicted molar refractivity (Wildman–Crippen MR) is 94.1 cm³/mol. The van der Waals surface area contributed by atoms with E-state index in [2.05, 4.69) is 27.7 Å². The van der Waals surface area contributed by atoms with Crippen molar-refractivity contribution in [2.45, 2.75) is 32.6 Å². The van der Waals surface area contributed by atoms with E-state index >= 15 is 0 Å². The van der Waals surface area contributed by atoms with Crippen LogP contribution in [0.25, 0.3) is 11.0 Å². The molecule has 22 heavy (non-hydrogen) atoms. The van der Waals surface area contributed by atoms with Gasteiger partial charge in [-0.3, -0.25) is 0 Å². The van der Waals surface area contributed by atoms with E-state index in [1.165, 1.54) is 6.07 Å². The number of nitrogens with one attached hydrogen (secondary N) is 1. The summed E-state index contributed by atoms with van der Waals surface area (Å²) in [7, 11) is 0. The summed E-state index contributed by atoms with van der Waals surface area (Å²) in [6.07, 6.45) is 4.46. The molecule has 4 nitrogen and oxygen atoms in total. The highest BCUT2D eigenvalue weighted by molar-refractivity contribution is 7.78. The van der Waals surface area contributed by atoms with Crippen molar-refractivity contribution < 1.29 is 4.42 Å². The molecule has 0 amide bonds. The molecule has 5 heteroatoms. The smallest absolute Gasteiger partial charge is 0.336 e. The molecule has 2 rings (SSSR count).